The predicted octanol–water partition coefficient (Wildman–Crippen LogP) is 12.0. The summed E-state index contributed by atoms with van der Waals surface area (Å²) in [6.07, 6.45) is 34.6. The van der Waals surface area contributed by atoms with Gasteiger partial charge in [0.25, 0.3) is 0 Å². The molecule has 224 valence electrons. The Labute approximate surface area is 258 Å². The summed E-state index contributed by atoms with van der Waals surface area (Å²) in [5.74, 6) is 5.07. The highest BCUT2D eigenvalue weighted by Crippen LogP contribution is 2.52. The minimum Gasteiger partial charge on any atom is -0.103 e. The topological polar surface area (TPSA) is 0 Å². The van der Waals surface area contributed by atoms with Crippen LogP contribution < -0.4 is 0 Å². The minimum absolute atomic E-state index is 0.476. The third kappa shape index (κ3) is 7.16. The van der Waals surface area contributed by atoms with Crippen LogP contribution in [0.15, 0.2) is 107 Å². The Hall–Kier alpha value is -2.52. The van der Waals surface area contributed by atoms with Crippen molar-refractivity contribution in [3.8, 4) is 0 Å². The van der Waals surface area contributed by atoms with Crippen molar-refractivity contribution in [3.05, 3.63) is 107 Å². The van der Waals surface area contributed by atoms with Gasteiger partial charge in [-0.3, -0.25) is 0 Å². The summed E-state index contributed by atoms with van der Waals surface area (Å²) in [5, 5.41) is 0. The standard InChI is InChI=1S/C42H56/c1-7-9-10-29(3)15-23-37-32(6)16-24-38(34-18-11-30(4)12-19-34)42-28-36(40-25-17-33(8-2)27-41(37)40)22-26-39(42)35-20-13-31(5)14-21-35/h7-8,11,13,18,20,27-29,32-33,36-40H,1-2,9-10,12,15-17,19,22-26H2,3-6H3. The van der Waals surface area contributed by atoms with Gasteiger partial charge in [-0.15, -0.1) is 13.2 Å². The predicted molar refractivity (Wildman–Crippen MR) is 182 cm³/mol. The summed E-state index contributed by atoms with van der Waals surface area (Å²) in [7, 11) is 0. The summed E-state index contributed by atoms with van der Waals surface area (Å²) < 4.78 is 0. The summed E-state index contributed by atoms with van der Waals surface area (Å²) in [6.45, 7) is 17.7. The maximum Gasteiger partial charge on any atom is 0.0134 e. The lowest BCUT2D eigenvalue weighted by Crippen LogP contribution is -2.33. The highest BCUT2D eigenvalue weighted by molar-refractivity contribution is 5.42. The monoisotopic (exact) mass is 560 g/mol. The van der Waals surface area contributed by atoms with Crippen molar-refractivity contribution in [1.29, 1.82) is 0 Å². The molecule has 0 radical (unpaired) electrons. The Balaban J connectivity index is 1.56. The van der Waals surface area contributed by atoms with E-state index in [0.29, 0.717) is 41.4 Å². The summed E-state index contributed by atoms with van der Waals surface area (Å²) in [6, 6.07) is 0. The van der Waals surface area contributed by atoms with Crippen molar-refractivity contribution in [1.82, 2.24) is 0 Å². The summed E-state index contributed by atoms with van der Waals surface area (Å²) >= 11 is 0. The summed E-state index contributed by atoms with van der Waals surface area (Å²) in [4.78, 5) is 0. The van der Waals surface area contributed by atoms with Crippen LogP contribution in [0.5, 0.6) is 0 Å². The molecule has 0 nitrogen and oxygen atoms in total. The number of rotatable bonds is 9. The van der Waals surface area contributed by atoms with E-state index in [-0.39, 0.29) is 0 Å². The average molecular weight is 561 g/mol. The van der Waals surface area contributed by atoms with Gasteiger partial charge >= 0.3 is 0 Å². The maximum atomic E-state index is 4.25. The number of allylic oxidation sites excluding steroid dienone is 14. The zero-order valence-corrected chi connectivity index (χ0v) is 27.1. The molecule has 2 bridgehead atoms. The van der Waals surface area contributed by atoms with Crippen molar-refractivity contribution in [3.63, 3.8) is 0 Å². The molecule has 0 aromatic heterocycles. The van der Waals surface area contributed by atoms with E-state index < -0.39 is 0 Å². The molecular formula is C42H56. The first-order valence-electron chi connectivity index (χ1n) is 17.3. The van der Waals surface area contributed by atoms with Crippen LogP contribution in [0.3, 0.4) is 0 Å². The maximum absolute atomic E-state index is 4.25. The quantitative estimate of drug-likeness (QED) is 0.194. The Morgan fingerprint density at radius 2 is 1.71 bits per heavy atom. The zero-order chi connectivity index (χ0) is 29.6. The van der Waals surface area contributed by atoms with Gasteiger partial charge in [-0.25, -0.2) is 0 Å². The molecule has 0 heterocycles. The van der Waals surface area contributed by atoms with E-state index >= 15 is 0 Å². The lowest BCUT2D eigenvalue weighted by atomic mass is 9.60. The van der Waals surface area contributed by atoms with E-state index in [1.807, 2.05) is 0 Å². The normalized spacial score (nSPS) is 33.6. The molecule has 8 atom stereocenters. The van der Waals surface area contributed by atoms with Crippen LogP contribution in [0, 0.1) is 47.3 Å². The van der Waals surface area contributed by atoms with Gasteiger partial charge in [0.15, 0.2) is 0 Å². The minimum atomic E-state index is 0.476. The first-order valence-corrected chi connectivity index (χ1v) is 17.3. The molecule has 0 fully saturated rings. The van der Waals surface area contributed by atoms with Crippen molar-refractivity contribution in [2.24, 2.45) is 47.3 Å². The van der Waals surface area contributed by atoms with E-state index in [0.717, 1.165) is 12.3 Å². The molecule has 0 N–H and O–H groups in total. The van der Waals surface area contributed by atoms with Gasteiger partial charge < -0.3 is 0 Å². The number of hydrogen-bond donors (Lipinski definition) is 0. The van der Waals surface area contributed by atoms with E-state index in [2.05, 4.69) is 101 Å². The molecule has 0 aromatic carbocycles. The van der Waals surface area contributed by atoms with Gasteiger partial charge in [0.2, 0.25) is 0 Å². The SMILES string of the molecule is C=CCCC(C)CCC1C2=CC(C=C)CCC2C2C=C(C(C3=C=C=C(C)C=C3)CC2)C(C2=CC=C(C)CC2)CCC1C. The largest absolute Gasteiger partial charge is 0.103 e. The van der Waals surface area contributed by atoms with Crippen molar-refractivity contribution >= 4 is 0 Å². The molecule has 0 spiro atoms. The first kappa shape index (κ1) is 30.9. The Kier molecular flexibility index (Phi) is 10.5. The fourth-order valence-corrected chi connectivity index (χ4v) is 8.73. The van der Waals surface area contributed by atoms with E-state index in [4.69, 9.17) is 0 Å². The molecule has 5 rings (SSSR count). The summed E-state index contributed by atoms with van der Waals surface area (Å²) in [5.41, 5.74) is 16.3. The van der Waals surface area contributed by atoms with Gasteiger partial charge in [-0.05, 0) is 138 Å². The molecule has 0 heteroatoms. The van der Waals surface area contributed by atoms with Gasteiger partial charge in [0.1, 0.15) is 0 Å². The van der Waals surface area contributed by atoms with Gasteiger partial charge in [-0.1, -0.05) is 90.5 Å². The number of fused-ring (bicyclic) bond motifs is 3. The lowest BCUT2D eigenvalue weighted by Gasteiger charge is -2.44. The van der Waals surface area contributed by atoms with Crippen LogP contribution in [-0.2, 0) is 0 Å². The van der Waals surface area contributed by atoms with Crippen LogP contribution in [0.25, 0.3) is 0 Å². The van der Waals surface area contributed by atoms with Crippen LogP contribution in [0.2, 0.25) is 0 Å². The molecule has 0 amide bonds. The molecule has 5 aliphatic rings. The average Bonchev–Trinajstić information content (AvgIpc) is 3.01. The van der Waals surface area contributed by atoms with Crippen molar-refractivity contribution in [2.45, 2.75) is 105 Å². The van der Waals surface area contributed by atoms with Crippen LogP contribution in [0.4, 0.5) is 0 Å². The van der Waals surface area contributed by atoms with Gasteiger partial charge in [-0.2, -0.15) is 0 Å². The van der Waals surface area contributed by atoms with E-state index in [9.17, 15) is 0 Å². The molecule has 42 heavy (non-hydrogen) atoms. The second-order valence-corrected chi connectivity index (χ2v) is 14.4. The van der Waals surface area contributed by atoms with Gasteiger partial charge in [0.05, 0.1) is 0 Å². The Morgan fingerprint density at radius 1 is 0.881 bits per heavy atom. The van der Waals surface area contributed by atoms with Gasteiger partial charge in [0, 0.05) is 17.4 Å². The molecule has 0 aromatic rings. The van der Waals surface area contributed by atoms with E-state index in [1.54, 1.807) is 16.7 Å². The second-order valence-electron chi connectivity index (χ2n) is 14.4. The Morgan fingerprint density at radius 3 is 2.43 bits per heavy atom. The number of hydrogen-bond acceptors (Lipinski definition) is 0. The molecule has 0 saturated carbocycles. The molecule has 8 unspecified atom stereocenters. The fourth-order valence-electron chi connectivity index (χ4n) is 8.73. The second kappa shape index (κ2) is 14.3. The Bertz CT molecular complexity index is 1270. The lowest BCUT2D eigenvalue weighted by molar-refractivity contribution is 0.236. The first-order chi connectivity index (χ1) is 20.4. The molecule has 0 aliphatic heterocycles. The van der Waals surface area contributed by atoms with Crippen molar-refractivity contribution in [2.75, 3.05) is 0 Å². The van der Waals surface area contributed by atoms with Crippen LogP contribution in [0.1, 0.15) is 105 Å². The highest BCUT2D eigenvalue weighted by atomic mass is 14.4. The van der Waals surface area contributed by atoms with Crippen molar-refractivity contribution < 1.29 is 0 Å². The zero-order valence-electron chi connectivity index (χ0n) is 27.1. The highest BCUT2D eigenvalue weighted by Gasteiger charge is 2.40. The third-order valence-electron chi connectivity index (χ3n) is 11.5. The third-order valence-corrected chi connectivity index (χ3v) is 11.5. The van der Waals surface area contributed by atoms with Crippen LogP contribution in [-0.4, -0.2) is 0 Å². The smallest absolute Gasteiger partial charge is 0.0134 e. The van der Waals surface area contributed by atoms with E-state index in [1.165, 1.54) is 87.3 Å². The molecule has 5 aliphatic carbocycles. The molecule has 0 saturated heterocycles. The fraction of sp³-hybridized carbons (Fsp3) is 0.571. The molecular weight excluding hydrogens is 504 g/mol. The van der Waals surface area contributed by atoms with Crippen LogP contribution >= 0.6 is 0 Å².